The monoisotopic (exact) mass is 430 g/mol. The van der Waals surface area contributed by atoms with Crippen molar-refractivity contribution in [2.75, 3.05) is 18.0 Å². The van der Waals surface area contributed by atoms with Gasteiger partial charge in [-0.1, -0.05) is 6.07 Å². The molecule has 0 aromatic carbocycles. The number of piperazine rings is 1. The lowest BCUT2D eigenvalue weighted by atomic mass is 10.1. The molecule has 2 atom stereocenters. The summed E-state index contributed by atoms with van der Waals surface area (Å²) in [6.45, 7) is 3.36. The van der Waals surface area contributed by atoms with E-state index in [9.17, 15) is 9.59 Å². The minimum Gasteiger partial charge on any atom is -0.352 e. The summed E-state index contributed by atoms with van der Waals surface area (Å²) in [5, 5.41) is 8.79. The van der Waals surface area contributed by atoms with Crippen molar-refractivity contribution in [3.05, 3.63) is 70.5 Å². The third kappa shape index (κ3) is 2.83. The number of H-pyrrole nitrogens is 1. The van der Waals surface area contributed by atoms with Gasteiger partial charge in [-0.3, -0.25) is 14.6 Å². The Bertz CT molecular complexity index is 1360. The summed E-state index contributed by atoms with van der Waals surface area (Å²) in [6, 6.07) is 9.64. The van der Waals surface area contributed by atoms with Crippen LogP contribution in [0.3, 0.4) is 0 Å². The number of aromatic nitrogens is 6. The summed E-state index contributed by atoms with van der Waals surface area (Å²) in [4.78, 5) is 37.4. The fourth-order valence-corrected chi connectivity index (χ4v) is 4.96. The van der Waals surface area contributed by atoms with Crippen LogP contribution in [0.1, 0.15) is 28.9 Å². The lowest BCUT2D eigenvalue weighted by Crippen LogP contribution is -2.56. The Kier molecular flexibility index (Phi) is 4.14. The average molecular weight is 430 g/mol. The van der Waals surface area contributed by atoms with Crippen molar-refractivity contribution in [1.82, 2.24) is 34.3 Å². The first-order valence-corrected chi connectivity index (χ1v) is 10.7. The van der Waals surface area contributed by atoms with E-state index in [1.807, 2.05) is 30.0 Å². The van der Waals surface area contributed by atoms with Gasteiger partial charge in [0.15, 0.2) is 0 Å². The molecule has 10 heteroatoms. The third-order valence-electron chi connectivity index (χ3n) is 6.52. The Labute approximate surface area is 183 Å². The van der Waals surface area contributed by atoms with Crippen LogP contribution >= 0.6 is 0 Å². The van der Waals surface area contributed by atoms with Crippen LogP contribution in [0.2, 0.25) is 0 Å². The lowest BCUT2D eigenvalue weighted by Gasteiger charge is -2.41. The summed E-state index contributed by atoms with van der Waals surface area (Å²) in [7, 11) is 0. The maximum Gasteiger partial charge on any atom is 0.276 e. The minimum atomic E-state index is -0.258. The Morgan fingerprint density at radius 2 is 1.94 bits per heavy atom. The number of fused-ring (bicyclic) bond motifs is 3. The number of hydrogen-bond acceptors (Lipinski definition) is 6. The number of carbonyl (C=O) groups is 1. The predicted octanol–water partition coefficient (Wildman–Crippen LogP) is 1.41. The Hall–Kier alpha value is -3.95. The number of nitrogens with one attached hydrogen (secondary N) is 1. The van der Waals surface area contributed by atoms with E-state index in [1.165, 1.54) is 9.20 Å². The van der Waals surface area contributed by atoms with Gasteiger partial charge in [0.25, 0.3) is 11.5 Å². The van der Waals surface area contributed by atoms with Gasteiger partial charge in [0.2, 0.25) is 5.95 Å². The number of aromatic amines is 1. The number of carbonyl (C=O) groups excluding carboxylic acids is 1. The van der Waals surface area contributed by atoms with Gasteiger partial charge in [0, 0.05) is 25.5 Å². The summed E-state index contributed by atoms with van der Waals surface area (Å²) in [6.07, 6.45) is 7.04. The van der Waals surface area contributed by atoms with E-state index in [-0.39, 0.29) is 29.5 Å². The standard InChI is InChI=1S/C22H22N8O2/c1-14-17(11-24-30(14)22-25-20(31)18-5-4-10-28(18)26-22)21(32)29-15-7-8-16(29)13-27(12-15)19-6-2-3-9-23-19/h2-6,9-11,15-16H,7-8,12-13H2,1H3,(H,25,26,31). The first-order valence-electron chi connectivity index (χ1n) is 10.7. The molecule has 2 fully saturated rings. The van der Waals surface area contributed by atoms with Crippen LogP contribution < -0.4 is 10.5 Å². The minimum absolute atomic E-state index is 0.0219. The van der Waals surface area contributed by atoms with Gasteiger partial charge in [0.1, 0.15) is 11.3 Å². The highest BCUT2D eigenvalue weighted by Crippen LogP contribution is 2.33. The van der Waals surface area contributed by atoms with Gasteiger partial charge in [0.05, 0.1) is 29.5 Å². The van der Waals surface area contributed by atoms with Crippen LogP contribution in [-0.4, -0.2) is 65.3 Å². The van der Waals surface area contributed by atoms with E-state index in [0.717, 1.165) is 31.7 Å². The van der Waals surface area contributed by atoms with Gasteiger partial charge in [-0.25, -0.2) is 14.2 Å². The number of amides is 1. The highest BCUT2D eigenvalue weighted by atomic mass is 16.2. The molecule has 4 aromatic rings. The van der Waals surface area contributed by atoms with E-state index in [0.29, 0.717) is 16.8 Å². The molecule has 2 aliphatic rings. The smallest absolute Gasteiger partial charge is 0.276 e. The topological polar surface area (TPSA) is 104 Å². The number of rotatable bonds is 3. The van der Waals surface area contributed by atoms with Gasteiger partial charge in [-0.2, -0.15) is 5.10 Å². The molecule has 6 rings (SSSR count). The van der Waals surface area contributed by atoms with E-state index in [4.69, 9.17) is 0 Å². The van der Waals surface area contributed by atoms with Crippen molar-refractivity contribution in [1.29, 1.82) is 0 Å². The molecule has 1 N–H and O–H groups in total. The molecule has 4 aromatic heterocycles. The Morgan fingerprint density at radius 3 is 2.69 bits per heavy atom. The summed E-state index contributed by atoms with van der Waals surface area (Å²) >= 11 is 0. The van der Waals surface area contributed by atoms with Gasteiger partial charge in [-0.05, 0) is 44.0 Å². The van der Waals surface area contributed by atoms with Gasteiger partial charge < -0.3 is 9.80 Å². The van der Waals surface area contributed by atoms with E-state index in [1.54, 1.807) is 30.7 Å². The van der Waals surface area contributed by atoms with Crippen LogP contribution in [0.5, 0.6) is 0 Å². The second kappa shape index (κ2) is 7.04. The molecule has 0 spiro atoms. The second-order valence-electron chi connectivity index (χ2n) is 8.36. The quantitative estimate of drug-likeness (QED) is 0.527. The zero-order valence-electron chi connectivity index (χ0n) is 17.5. The van der Waals surface area contributed by atoms with Crippen molar-refractivity contribution >= 4 is 17.2 Å². The molecule has 162 valence electrons. The van der Waals surface area contributed by atoms with Crippen LogP contribution in [0, 0.1) is 6.92 Å². The molecule has 1 amide bonds. The van der Waals surface area contributed by atoms with Crippen molar-refractivity contribution in [2.24, 2.45) is 0 Å². The number of anilines is 1. The number of hydrogen-bond donors (Lipinski definition) is 1. The SMILES string of the molecule is Cc1c(C(=O)N2C3CCC2CN(c2ccccn2)C3)cnn1-c1nn2cccc2c(=O)[nH]1. The Balaban J connectivity index is 1.29. The molecular formula is C22H22N8O2. The first-order chi connectivity index (χ1) is 15.6. The van der Waals surface area contributed by atoms with Crippen LogP contribution in [-0.2, 0) is 0 Å². The van der Waals surface area contributed by atoms with Gasteiger partial charge >= 0.3 is 0 Å². The lowest BCUT2D eigenvalue weighted by molar-refractivity contribution is 0.0640. The highest BCUT2D eigenvalue weighted by Gasteiger charge is 2.43. The maximum atomic E-state index is 13.5. The van der Waals surface area contributed by atoms with Crippen molar-refractivity contribution in [3.8, 4) is 5.95 Å². The summed E-state index contributed by atoms with van der Waals surface area (Å²) in [5.74, 6) is 1.21. The predicted molar refractivity (Wildman–Crippen MR) is 117 cm³/mol. The summed E-state index contributed by atoms with van der Waals surface area (Å²) in [5.41, 5.74) is 1.38. The molecule has 0 aliphatic carbocycles. The van der Waals surface area contributed by atoms with E-state index in [2.05, 4.69) is 25.1 Å². The molecule has 6 heterocycles. The first kappa shape index (κ1) is 18.8. The molecule has 32 heavy (non-hydrogen) atoms. The molecule has 2 saturated heterocycles. The van der Waals surface area contributed by atoms with Crippen LogP contribution in [0.15, 0.2) is 53.7 Å². The van der Waals surface area contributed by atoms with Crippen molar-refractivity contribution < 1.29 is 4.79 Å². The largest absolute Gasteiger partial charge is 0.352 e. The molecular weight excluding hydrogens is 408 g/mol. The van der Waals surface area contributed by atoms with Crippen LogP contribution in [0.25, 0.3) is 11.5 Å². The molecule has 2 aliphatic heterocycles. The van der Waals surface area contributed by atoms with Gasteiger partial charge in [-0.15, -0.1) is 5.10 Å². The zero-order valence-corrected chi connectivity index (χ0v) is 17.5. The highest BCUT2D eigenvalue weighted by molar-refractivity contribution is 5.96. The average Bonchev–Trinajstić information content (AvgIpc) is 3.50. The molecule has 2 unspecified atom stereocenters. The van der Waals surface area contributed by atoms with Crippen molar-refractivity contribution in [2.45, 2.75) is 31.8 Å². The molecule has 2 bridgehead atoms. The number of nitrogens with zero attached hydrogens (tertiary/aromatic N) is 7. The van der Waals surface area contributed by atoms with E-state index < -0.39 is 0 Å². The van der Waals surface area contributed by atoms with E-state index >= 15 is 0 Å². The molecule has 0 saturated carbocycles. The normalized spacial score (nSPS) is 20.3. The van der Waals surface area contributed by atoms with Crippen LogP contribution in [0.4, 0.5) is 5.82 Å². The Morgan fingerprint density at radius 1 is 1.12 bits per heavy atom. The van der Waals surface area contributed by atoms with Crippen molar-refractivity contribution in [3.63, 3.8) is 0 Å². The molecule has 10 nitrogen and oxygen atoms in total. The number of pyridine rings is 1. The zero-order chi connectivity index (χ0) is 21.8. The summed E-state index contributed by atoms with van der Waals surface area (Å²) < 4.78 is 3.02. The second-order valence-corrected chi connectivity index (χ2v) is 8.36. The maximum absolute atomic E-state index is 13.5. The fourth-order valence-electron chi connectivity index (χ4n) is 4.96. The fraction of sp³-hybridized carbons (Fsp3) is 0.318. The third-order valence-corrected chi connectivity index (χ3v) is 6.52. The molecule has 0 radical (unpaired) electrons.